The van der Waals surface area contributed by atoms with E-state index in [1.165, 1.54) is 5.57 Å². The minimum absolute atomic E-state index is 0.0825. The van der Waals surface area contributed by atoms with E-state index in [1.54, 1.807) is 0 Å². The third-order valence-electron chi connectivity index (χ3n) is 1.24. The lowest BCUT2D eigenvalue weighted by Crippen LogP contribution is -1.66. The summed E-state index contributed by atoms with van der Waals surface area (Å²) in [5, 5.41) is 0. The zero-order chi connectivity index (χ0) is 7.98. The molecule has 0 saturated carbocycles. The number of rotatable bonds is 3. The Labute approximate surface area is 59.7 Å². The van der Waals surface area contributed by atoms with E-state index in [0.717, 1.165) is 6.42 Å². The van der Waals surface area contributed by atoms with Crippen molar-refractivity contribution >= 4 is 0 Å². The van der Waals surface area contributed by atoms with Crippen LogP contribution in [-0.2, 0) is 0 Å². The average molecular weight is 125 g/mol. The van der Waals surface area contributed by atoms with E-state index in [4.69, 9.17) is 1.37 Å². The van der Waals surface area contributed by atoms with Crippen molar-refractivity contribution in [1.29, 1.82) is 0 Å². The van der Waals surface area contributed by atoms with Crippen molar-refractivity contribution in [2.24, 2.45) is 0 Å². The molecule has 0 nitrogen and oxygen atoms in total. The molecule has 0 heterocycles. The Bertz CT molecular complexity index is 132. The number of hydrogen-bond donors (Lipinski definition) is 0. The Hall–Kier alpha value is -0.520. The number of allylic oxidation sites excluding steroid dienone is 4. The van der Waals surface area contributed by atoms with Gasteiger partial charge in [-0.05, 0) is 19.7 Å². The van der Waals surface area contributed by atoms with E-state index in [0.29, 0.717) is 0 Å². The monoisotopic (exact) mass is 125 g/mol. The van der Waals surface area contributed by atoms with Gasteiger partial charge in [-0.1, -0.05) is 37.6 Å². The second-order valence-electron chi connectivity index (χ2n) is 2.08. The van der Waals surface area contributed by atoms with Crippen molar-refractivity contribution in [1.82, 2.24) is 0 Å². The SMILES string of the molecule is [2H][C@H](C)/C=C\C=C(\C)CC. The molecule has 0 aliphatic heterocycles. The largest absolute Gasteiger partial charge is 0.0848 e. The molecule has 0 aromatic carbocycles. The van der Waals surface area contributed by atoms with Gasteiger partial charge in [0.25, 0.3) is 0 Å². The van der Waals surface area contributed by atoms with Gasteiger partial charge in [-0.15, -0.1) is 0 Å². The molecule has 0 aliphatic rings. The average Bonchev–Trinajstić information content (AvgIpc) is 1.87. The molecule has 9 heavy (non-hydrogen) atoms. The van der Waals surface area contributed by atoms with Crippen LogP contribution in [0.1, 0.15) is 35.0 Å². The highest BCUT2D eigenvalue weighted by Gasteiger charge is 1.76. The van der Waals surface area contributed by atoms with Crippen molar-refractivity contribution in [3.05, 3.63) is 23.8 Å². The molecule has 0 N–H and O–H groups in total. The van der Waals surface area contributed by atoms with Crippen molar-refractivity contribution in [2.45, 2.75) is 33.6 Å². The van der Waals surface area contributed by atoms with Crippen LogP contribution < -0.4 is 0 Å². The van der Waals surface area contributed by atoms with E-state index in [1.807, 2.05) is 19.1 Å². The quantitative estimate of drug-likeness (QED) is 0.508. The minimum atomic E-state index is -0.0825. The summed E-state index contributed by atoms with van der Waals surface area (Å²) in [7, 11) is 0. The number of hydrogen-bond acceptors (Lipinski definition) is 0. The third-order valence-corrected chi connectivity index (χ3v) is 1.24. The van der Waals surface area contributed by atoms with Crippen LogP contribution in [0.4, 0.5) is 0 Å². The van der Waals surface area contributed by atoms with Crippen LogP contribution in [-0.4, -0.2) is 0 Å². The fraction of sp³-hybridized carbons (Fsp3) is 0.556. The van der Waals surface area contributed by atoms with E-state index in [2.05, 4.69) is 19.9 Å². The molecular formula is C9H16. The van der Waals surface area contributed by atoms with E-state index >= 15 is 0 Å². The summed E-state index contributed by atoms with van der Waals surface area (Å²) in [6, 6.07) is 0. The fourth-order valence-electron chi connectivity index (χ4n) is 0.449. The minimum Gasteiger partial charge on any atom is -0.0848 e. The van der Waals surface area contributed by atoms with Crippen molar-refractivity contribution in [2.75, 3.05) is 0 Å². The Morgan fingerprint density at radius 1 is 1.56 bits per heavy atom. The molecule has 0 aromatic heterocycles. The molecule has 0 unspecified atom stereocenters. The Morgan fingerprint density at radius 2 is 2.22 bits per heavy atom. The lowest BCUT2D eigenvalue weighted by atomic mass is 10.2. The van der Waals surface area contributed by atoms with Gasteiger partial charge in [0, 0.05) is 1.37 Å². The maximum absolute atomic E-state index is 7.16. The van der Waals surface area contributed by atoms with Crippen molar-refractivity contribution < 1.29 is 1.37 Å². The second-order valence-corrected chi connectivity index (χ2v) is 2.08. The van der Waals surface area contributed by atoms with Crippen LogP contribution >= 0.6 is 0 Å². The van der Waals surface area contributed by atoms with Gasteiger partial charge < -0.3 is 0 Å². The van der Waals surface area contributed by atoms with E-state index < -0.39 is 0 Å². The van der Waals surface area contributed by atoms with Crippen molar-refractivity contribution in [3.8, 4) is 0 Å². The molecule has 1 atom stereocenters. The first kappa shape index (κ1) is 6.60. The van der Waals surface area contributed by atoms with E-state index in [9.17, 15) is 0 Å². The highest BCUT2D eigenvalue weighted by atomic mass is 13.8. The summed E-state index contributed by atoms with van der Waals surface area (Å²) in [5.41, 5.74) is 1.36. The maximum atomic E-state index is 7.16. The molecule has 0 spiro atoms. The molecule has 0 aromatic rings. The van der Waals surface area contributed by atoms with Crippen LogP contribution in [0.5, 0.6) is 0 Å². The van der Waals surface area contributed by atoms with E-state index in [-0.39, 0.29) is 6.40 Å². The molecule has 0 fully saturated rings. The van der Waals surface area contributed by atoms with Gasteiger partial charge in [0.2, 0.25) is 0 Å². The Kier molecular flexibility index (Phi) is 4.12. The molecule has 0 radical (unpaired) electrons. The van der Waals surface area contributed by atoms with Crippen LogP contribution in [0, 0.1) is 0 Å². The van der Waals surface area contributed by atoms with Crippen LogP contribution in [0.25, 0.3) is 0 Å². The molecule has 0 heteroatoms. The normalized spacial score (nSPS) is 18.1. The predicted molar refractivity (Wildman–Crippen MR) is 43.5 cm³/mol. The zero-order valence-electron chi connectivity index (χ0n) is 7.52. The third kappa shape index (κ3) is 5.35. The summed E-state index contributed by atoms with van der Waals surface area (Å²) in [6.07, 6.45) is 6.90. The van der Waals surface area contributed by atoms with Crippen molar-refractivity contribution in [3.63, 3.8) is 0 Å². The molecule has 0 rings (SSSR count). The first-order valence-electron chi connectivity index (χ1n) is 4.00. The maximum Gasteiger partial charge on any atom is 0.0307 e. The van der Waals surface area contributed by atoms with Crippen LogP contribution in [0.2, 0.25) is 0 Å². The van der Waals surface area contributed by atoms with Crippen LogP contribution in [0.15, 0.2) is 23.8 Å². The summed E-state index contributed by atoms with van der Waals surface area (Å²) >= 11 is 0. The smallest absolute Gasteiger partial charge is 0.0307 e. The van der Waals surface area contributed by atoms with Gasteiger partial charge in [0.15, 0.2) is 0 Å². The summed E-state index contributed by atoms with van der Waals surface area (Å²) in [6.45, 7) is 6.08. The molecular weight excluding hydrogens is 108 g/mol. The summed E-state index contributed by atoms with van der Waals surface area (Å²) < 4.78 is 7.16. The van der Waals surface area contributed by atoms with Gasteiger partial charge in [-0.3, -0.25) is 0 Å². The highest BCUT2D eigenvalue weighted by molar-refractivity contribution is 5.09. The summed E-state index contributed by atoms with van der Waals surface area (Å²) in [5.74, 6) is 0. The van der Waals surface area contributed by atoms with Gasteiger partial charge >= 0.3 is 0 Å². The van der Waals surface area contributed by atoms with Gasteiger partial charge in [0.05, 0.1) is 0 Å². The Balaban J connectivity index is 3.70. The molecule has 0 saturated heterocycles. The topological polar surface area (TPSA) is 0 Å². The lowest BCUT2D eigenvalue weighted by molar-refractivity contribution is 1.10. The molecule has 52 valence electrons. The van der Waals surface area contributed by atoms with Gasteiger partial charge in [-0.2, -0.15) is 0 Å². The summed E-state index contributed by atoms with van der Waals surface area (Å²) in [4.78, 5) is 0. The predicted octanol–water partition coefficient (Wildman–Crippen LogP) is 3.31. The van der Waals surface area contributed by atoms with Gasteiger partial charge in [0.1, 0.15) is 0 Å². The first-order valence-corrected chi connectivity index (χ1v) is 3.43. The first-order chi connectivity index (χ1) is 4.66. The standard InChI is InChI=1S/C9H16/c1-4-6-7-8-9(3)5-2/h6-8H,4-5H2,1-3H3/b7-6-,9-8-/i4D/t4-/m1/s1. The molecule has 0 amide bonds. The second kappa shape index (κ2) is 5.61. The highest BCUT2D eigenvalue weighted by Crippen LogP contribution is 1.97. The van der Waals surface area contributed by atoms with Crippen LogP contribution in [0.3, 0.4) is 0 Å². The Morgan fingerprint density at radius 3 is 2.67 bits per heavy atom. The lowest BCUT2D eigenvalue weighted by Gasteiger charge is -1.87. The molecule has 0 aliphatic carbocycles. The fourth-order valence-corrected chi connectivity index (χ4v) is 0.449. The van der Waals surface area contributed by atoms with Gasteiger partial charge in [-0.25, -0.2) is 0 Å². The zero-order valence-corrected chi connectivity index (χ0v) is 6.52. The molecule has 0 bridgehead atoms.